The monoisotopic (exact) mass is 376 g/mol. The van der Waals surface area contributed by atoms with Gasteiger partial charge in [-0.3, -0.25) is 4.79 Å². The summed E-state index contributed by atoms with van der Waals surface area (Å²) in [6, 6.07) is 15.8. The molecule has 1 aliphatic carbocycles. The second-order valence-electron chi connectivity index (χ2n) is 6.75. The van der Waals surface area contributed by atoms with E-state index in [0.29, 0.717) is 11.5 Å². The number of amides is 1. The standard InChI is InChI=1S/C23H24N2O3/c1-25(20-9-5-7-18-6-3-4-8-19(18)20)23(26)13-11-17-10-12-21(28-15-14-24)22(16-17)27-2/h3-4,6,8,10-13,16,20H,5,7,9,15H2,1-2H3. The Kier molecular flexibility index (Phi) is 6.33. The van der Waals surface area contributed by atoms with Crippen molar-refractivity contribution in [1.82, 2.24) is 4.90 Å². The van der Waals surface area contributed by atoms with Crippen LogP contribution in [0.2, 0.25) is 0 Å². The summed E-state index contributed by atoms with van der Waals surface area (Å²) in [6.07, 6.45) is 6.49. The molecule has 5 nitrogen and oxygen atoms in total. The smallest absolute Gasteiger partial charge is 0.246 e. The van der Waals surface area contributed by atoms with Crippen LogP contribution in [-0.2, 0) is 11.2 Å². The first-order chi connectivity index (χ1) is 13.6. The maximum absolute atomic E-state index is 12.7. The van der Waals surface area contributed by atoms with Crippen LogP contribution in [0.15, 0.2) is 48.5 Å². The molecule has 0 saturated carbocycles. The topological polar surface area (TPSA) is 62.6 Å². The molecule has 0 spiro atoms. The van der Waals surface area contributed by atoms with Crippen molar-refractivity contribution in [3.8, 4) is 17.6 Å². The van der Waals surface area contributed by atoms with Gasteiger partial charge in [0.25, 0.3) is 0 Å². The Bertz CT molecular complexity index is 914. The van der Waals surface area contributed by atoms with Crippen LogP contribution < -0.4 is 9.47 Å². The largest absolute Gasteiger partial charge is 0.493 e. The zero-order valence-electron chi connectivity index (χ0n) is 16.2. The third-order valence-corrected chi connectivity index (χ3v) is 5.05. The maximum atomic E-state index is 12.7. The van der Waals surface area contributed by atoms with E-state index >= 15 is 0 Å². The molecule has 1 atom stereocenters. The van der Waals surface area contributed by atoms with Crippen LogP contribution in [0, 0.1) is 11.3 Å². The molecular formula is C23H24N2O3. The summed E-state index contributed by atoms with van der Waals surface area (Å²) in [6.45, 7) is -0.0440. The minimum absolute atomic E-state index is 0.0366. The highest BCUT2D eigenvalue weighted by molar-refractivity contribution is 5.92. The molecule has 1 aliphatic rings. The lowest BCUT2D eigenvalue weighted by molar-refractivity contribution is -0.127. The molecule has 0 bridgehead atoms. The number of carbonyl (C=O) groups excluding carboxylic acids is 1. The van der Waals surface area contributed by atoms with Crippen molar-refractivity contribution in [3.63, 3.8) is 0 Å². The lowest BCUT2D eigenvalue weighted by Gasteiger charge is -2.32. The molecule has 1 unspecified atom stereocenters. The average molecular weight is 376 g/mol. The summed E-state index contributed by atoms with van der Waals surface area (Å²) in [5, 5.41) is 8.64. The number of ether oxygens (including phenoxy) is 2. The number of nitriles is 1. The quantitative estimate of drug-likeness (QED) is 0.711. The number of hydrogen-bond donors (Lipinski definition) is 0. The Labute approximate surface area is 165 Å². The number of hydrogen-bond acceptors (Lipinski definition) is 4. The van der Waals surface area contributed by atoms with Gasteiger partial charge in [0, 0.05) is 13.1 Å². The molecule has 28 heavy (non-hydrogen) atoms. The number of fused-ring (bicyclic) bond motifs is 1. The number of aryl methyl sites for hydroxylation is 1. The molecule has 0 radical (unpaired) electrons. The second kappa shape index (κ2) is 9.09. The zero-order chi connectivity index (χ0) is 19.9. The summed E-state index contributed by atoms with van der Waals surface area (Å²) in [5.41, 5.74) is 3.41. The van der Waals surface area contributed by atoms with E-state index in [-0.39, 0.29) is 18.6 Å². The van der Waals surface area contributed by atoms with Gasteiger partial charge in [-0.2, -0.15) is 5.26 Å². The van der Waals surface area contributed by atoms with Gasteiger partial charge in [-0.15, -0.1) is 0 Å². The molecule has 0 saturated heterocycles. The molecule has 2 aromatic rings. The van der Waals surface area contributed by atoms with Crippen LogP contribution in [0.3, 0.4) is 0 Å². The molecule has 5 heteroatoms. The van der Waals surface area contributed by atoms with E-state index < -0.39 is 0 Å². The summed E-state index contributed by atoms with van der Waals surface area (Å²) in [4.78, 5) is 14.6. The molecule has 0 fully saturated rings. The third kappa shape index (κ3) is 4.34. The number of rotatable bonds is 6. The predicted octanol–water partition coefficient (Wildman–Crippen LogP) is 4.15. The highest BCUT2D eigenvalue weighted by Gasteiger charge is 2.25. The third-order valence-electron chi connectivity index (χ3n) is 5.05. The summed E-state index contributed by atoms with van der Waals surface area (Å²) in [7, 11) is 3.40. The van der Waals surface area contributed by atoms with Gasteiger partial charge >= 0.3 is 0 Å². The van der Waals surface area contributed by atoms with Crippen LogP contribution in [0.25, 0.3) is 6.08 Å². The van der Waals surface area contributed by atoms with Crippen molar-refractivity contribution in [2.24, 2.45) is 0 Å². The van der Waals surface area contributed by atoms with Gasteiger partial charge in [0.15, 0.2) is 18.1 Å². The number of nitrogens with zero attached hydrogens (tertiary/aromatic N) is 2. The van der Waals surface area contributed by atoms with Crippen molar-refractivity contribution in [2.45, 2.75) is 25.3 Å². The van der Waals surface area contributed by atoms with E-state index in [1.54, 1.807) is 31.4 Å². The van der Waals surface area contributed by atoms with E-state index in [1.165, 1.54) is 11.1 Å². The summed E-state index contributed by atoms with van der Waals surface area (Å²) >= 11 is 0. The number of methoxy groups -OCH3 is 1. The van der Waals surface area contributed by atoms with Gasteiger partial charge in [0.05, 0.1) is 13.2 Å². The molecule has 144 valence electrons. The van der Waals surface area contributed by atoms with Gasteiger partial charge in [0.2, 0.25) is 5.91 Å². The molecule has 3 rings (SSSR count). The number of carbonyl (C=O) groups is 1. The van der Waals surface area contributed by atoms with Crippen LogP contribution in [0.5, 0.6) is 11.5 Å². The van der Waals surface area contributed by atoms with Crippen LogP contribution >= 0.6 is 0 Å². The summed E-state index contributed by atoms with van der Waals surface area (Å²) < 4.78 is 10.6. The molecular weight excluding hydrogens is 352 g/mol. The SMILES string of the molecule is COc1cc(C=CC(=O)N(C)C2CCCc3ccccc32)ccc1OCC#N. The predicted molar refractivity (Wildman–Crippen MR) is 108 cm³/mol. The van der Waals surface area contributed by atoms with Gasteiger partial charge < -0.3 is 14.4 Å². The molecule has 0 N–H and O–H groups in total. The Morgan fingerprint density at radius 1 is 1.29 bits per heavy atom. The minimum Gasteiger partial charge on any atom is -0.493 e. The first kappa shape index (κ1) is 19.5. The van der Waals surface area contributed by atoms with Gasteiger partial charge in [0.1, 0.15) is 6.07 Å². The van der Waals surface area contributed by atoms with Gasteiger partial charge in [-0.1, -0.05) is 30.3 Å². The highest BCUT2D eigenvalue weighted by Crippen LogP contribution is 2.33. The van der Waals surface area contributed by atoms with Crippen molar-refractivity contribution >= 4 is 12.0 Å². The maximum Gasteiger partial charge on any atom is 0.246 e. The fourth-order valence-electron chi connectivity index (χ4n) is 3.59. The summed E-state index contributed by atoms with van der Waals surface area (Å²) in [5.74, 6) is 0.994. The Morgan fingerprint density at radius 3 is 2.89 bits per heavy atom. The second-order valence-corrected chi connectivity index (χ2v) is 6.75. The zero-order valence-corrected chi connectivity index (χ0v) is 16.2. The normalized spacial score (nSPS) is 15.5. The highest BCUT2D eigenvalue weighted by atomic mass is 16.5. The fraction of sp³-hybridized carbons (Fsp3) is 0.304. The Morgan fingerprint density at radius 2 is 2.11 bits per heavy atom. The van der Waals surface area contributed by atoms with E-state index in [9.17, 15) is 4.79 Å². The van der Waals surface area contributed by atoms with Crippen molar-refractivity contribution in [3.05, 3.63) is 65.2 Å². The molecule has 1 amide bonds. The van der Waals surface area contributed by atoms with Crippen molar-refractivity contribution < 1.29 is 14.3 Å². The molecule has 0 heterocycles. The first-order valence-corrected chi connectivity index (χ1v) is 9.34. The Balaban J connectivity index is 1.72. The van der Waals surface area contributed by atoms with Crippen LogP contribution in [-0.4, -0.2) is 31.6 Å². The lowest BCUT2D eigenvalue weighted by Crippen LogP contribution is -2.32. The number of benzene rings is 2. The number of likely N-dealkylation sites (N-methyl/N-ethyl adjacent to an activating group) is 1. The fourth-order valence-corrected chi connectivity index (χ4v) is 3.59. The average Bonchev–Trinajstić information content (AvgIpc) is 2.75. The molecule has 2 aromatic carbocycles. The molecule has 0 aliphatic heterocycles. The van der Waals surface area contributed by atoms with Gasteiger partial charge in [-0.25, -0.2) is 0 Å². The Hall–Kier alpha value is -3.26. The van der Waals surface area contributed by atoms with Gasteiger partial charge in [-0.05, 0) is 54.2 Å². The van der Waals surface area contributed by atoms with E-state index in [1.807, 2.05) is 30.1 Å². The minimum atomic E-state index is -0.0440. The van der Waals surface area contributed by atoms with E-state index in [2.05, 4.69) is 18.2 Å². The van der Waals surface area contributed by atoms with Crippen molar-refractivity contribution in [2.75, 3.05) is 20.8 Å². The van der Waals surface area contributed by atoms with Crippen LogP contribution in [0.1, 0.15) is 35.6 Å². The lowest BCUT2D eigenvalue weighted by atomic mass is 9.87. The first-order valence-electron chi connectivity index (χ1n) is 9.34. The van der Waals surface area contributed by atoms with E-state index in [0.717, 1.165) is 24.8 Å². The van der Waals surface area contributed by atoms with E-state index in [4.69, 9.17) is 14.7 Å². The van der Waals surface area contributed by atoms with Crippen molar-refractivity contribution in [1.29, 1.82) is 5.26 Å². The molecule has 0 aromatic heterocycles. The van der Waals surface area contributed by atoms with Crippen LogP contribution in [0.4, 0.5) is 0 Å².